The minimum absolute atomic E-state index is 0.340. The zero-order valence-corrected chi connectivity index (χ0v) is 13.4. The molecule has 0 radical (unpaired) electrons. The van der Waals surface area contributed by atoms with Gasteiger partial charge in [-0.1, -0.05) is 12.1 Å². The molecule has 2 aromatic rings. The van der Waals surface area contributed by atoms with Crippen molar-refractivity contribution in [3.63, 3.8) is 0 Å². The molecular formula is C17H17F3N4. The molecule has 1 fully saturated rings. The molecule has 1 aromatic carbocycles. The van der Waals surface area contributed by atoms with Crippen molar-refractivity contribution < 1.29 is 13.2 Å². The Morgan fingerprint density at radius 3 is 2.75 bits per heavy atom. The Hall–Kier alpha value is -2.31. The molecule has 0 aliphatic carbocycles. The van der Waals surface area contributed by atoms with Gasteiger partial charge in [0.25, 0.3) is 0 Å². The molecule has 1 aromatic heterocycles. The van der Waals surface area contributed by atoms with Gasteiger partial charge >= 0.3 is 6.18 Å². The number of alkyl halides is 3. The van der Waals surface area contributed by atoms with E-state index >= 15 is 0 Å². The van der Waals surface area contributed by atoms with Crippen molar-refractivity contribution in [2.45, 2.75) is 25.6 Å². The third-order valence-corrected chi connectivity index (χ3v) is 4.85. The summed E-state index contributed by atoms with van der Waals surface area (Å²) in [5.74, 6) is 1.15. The number of rotatable bonds is 1. The highest BCUT2D eigenvalue weighted by Crippen LogP contribution is 2.40. The number of hydrogen-bond donors (Lipinski definition) is 0. The first-order chi connectivity index (χ1) is 11.3. The molecule has 1 atom stereocenters. The van der Waals surface area contributed by atoms with E-state index in [4.69, 9.17) is 0 Å². The fourth-order valence-electron chi connectivity index (χ4n) is 3.57. The van der Waals surface area contributed by atoms with Crippen LogP contribution >= 0.6 is 0 Å². The smallest absolute Gasteiger partial charge is 0.365 e. The van der Waals surface area contributed by atoms with Gasteiger partial charge in [-0.15, -0.1) is 0 Å². The Morgan fingerprint density at radius 1 is 1.21 bits per heavy atom. The number of aryl methyl sites for hydroxylation is 1. The standard InChI is InChI=1S/C17H17F3N4/c1-10-14-16(23(2)13-6-7-24(14)9-13)22-15(21-10)11-4-3-5-12(8-11)17(18,19)20/h3-5,8,13H,6-7,9H2,1-2H3. The fourth-order valence-corrected chi connectivity index (χ4v) is 3.57. The molecule has 4 rings (SSSR count). The predicted molar refractivity (Wildman–Crippen MR) is 86.2 cm³/mol. The SMILES string of the molecule is Cc1nc(-c2cccc(C(F)(F)F)c2)nc2c1N1CCC(C1)N2C. The number of hydrogen-bond acceptors (Lipinski definition) is 4. The van der Waals surface area contributed by atoms with E-state index in [0.29, 0.717) is 17.4 Å². The Morgan fingerprint density at radius 2 is 2.00 bits per heavy atom. The molecule has 0 spiro atoms. The minimum Gasteiger partial charge on any atom is -0.365 e. The van der Waals surface area contributed by atoms with Crippen molar-refractivity contribution >= 4 is 11.5 Å². The molecule has 1 unspecified atom stereocenters. The predicted octanol–water partition coefficient (Wildman–Crippen LogP) is 3.50. The summed E-state index contributed by atoms with van der Waals surface area (Å²) < 4.78 is 38.9. The van der Waals surface area contributed by atoms with Gasteiger partial charge in [0.05, 0.1) is 11.3 Å². The molecule has 1 saturated heterocycles. The van der Waals surface area contributed by atoms with Crippen LogP contribution in [0.5, 0.6) is 0 Å². The topological polar surface area (TPSA) is 32.3 Å². The van der Waals surface area contributed by atoms with E-state index in [2.05, 4.69) is 19.8 Å². The van der Waals surface area contributed by atoms with Crippen LogP contribution in [0, 0.1) is 6.92 Å². The van der Waals surface area contributed by atoms with Crippen LogP contribution in [0.25, 0.3) is 11.4 Å². The average Bonchev–Trinajstić information content (AvgIpc) is 2.97. The third-order valence-electron chi connectivity index (χ3n) is 4.85. The van der Waals surface area contributed by atoms with Crippen LogP contribution in [-0.4, -0.2) is 36.1 Å². The zero-order valence-electron chi connectivity index (χ0n) is 13.4. The normalized spacial score (nSPS) is 19.6. The monoisotopic (exact) mass is 334 g/mol. The molecule has 7 heteroatoms. The maximum Gasteiger partial charge on any atom is 0.416 e. The van der Waals surface area contributed by atoms with Crippen LogP contribution in [0.2, 0.25) is 0 Å². The van der Waals surface area contributed by atoms with E-state index in [1.54, 1.807) is 6.07 Å². The first-order valence-electron chi connectivity index (χ1n) is 7.88. The minimum atomic E-state index is -4.37. The molecule has 4 nitrogen and oxygen atoms in total. The Bertz CT molecular complexity index is 803. The van der Waals surface area contributed by atoms with E-state index < -0.39 is 11.7 Å². The summed E-state index contributed by atoms with van der Waals surface area (Å²) in [4.78, 5) is 13.5. The van der Waals surface area contributed by atoms with Crippen LogP contribution < -0.4 is 9.80 Å². The van der Waals surface area contributed by atoms with Crippen molar-refractivity contribution in [3.05, 3.63) is 35.5 Å². The van der Waals surface area contributed by atoms with E-state index in [1.807, 2.05) is 14.0 Å². The van der Waals surface area contributed by atoms with Crippen molar-refractivity contribution in [2.75, 3.05) is 29.9 Å². The number of aromatic nitrogens is 2. The second-order valence-electron chi connectivity index (χ2n) is 6.38. The second kappa shape index (κ2) is 5.09. The molecule has 2 aliphatic heterocycles. The lowest BCUT2D eigenvalue weighted by Crippen LogP contribution is -2.40. The van der Waals surface area contributed by atoms with Gasteiger partial charge in [-0.25, -0.2) is 9.97 Å². The Kier molecular flexibility index (Phi) is 3.23. The Balaban J connectivity index is 1.83. The maximum absolute atomic E-state index is 13.0. The van der Waals surface area contributed by atoms with Gasteiger partial charge in [0.15, 0.2) is 11.6 Å². The molecule has 2 aliphatic rings. The lowest BCUT2D eigenvalue weighted by Gasteiger charge is -2.35. The molecule has 0 amide bonds. The van der Waals surface area contributed by atoms with Gasteiger partial charge in [-0.3, -0.25) is 0 Å². The molecule has 2 bridgehead atoms. The van der Waals surface area contributed by atoms with E-state index in [9.17, 15) is 13.2 Å². The first kappa shape index (κ1) is 15.2. The molecule has 0 N–H and O–H groups in total. The average molecular weight is 334 g/mol. The summed E-state index contributed by atoms with van der Waals surface area (Å²) >= 11 is 0. The van der Waals surface area contributed by atoms with Crippen molar-refractivity contribution in [3.8, 4) is 11.4 Å². The fraction of sp³-hybridized carbons (Fsp3) is 0.412. The van der Waals surface area contributed by atoms with E-state index in [1.165, 1.54) is 6.07 Å². The largest absolute Gasteiger partial charge is 0.416 e. The second-order valence-corrected chi connectivity index (χ2v) is 6.38. The summed E-state index contributed by atoms with van der Waals surface area (Å²) in [7, 11) is 1.99. The number of anilines is 2. The van der Waals surface area contributed by atoms with E-state index in [-0.39, 0.29) is 0 Å². The molecule has 3 heterocycles. The summed E-state index contributed by atoms with van der Waals surface area (Å²) in [5.41, 5.74) is 1.51. The van der Waals surface area contributed by atoms with Crippen LogP contribution in [-0.2, 0) is 6.18 Å². The third kappa shape index (κ3) is 2.30. The van der Waals surface area contributed by atoms with Crippen LogP contribution in [0.1, 0.15) is 17.7 Å². The highest BCUT2D eigenvalue weighted by molar-refractivity contribution is 5.76. The van der Waals surface area contributed by atoms with E-state index in [0.717, 1.165) is 48.8 Å². The lowest BCUT2D eigenvalue weighted by molar-refractivity contribution is -0.137. The van der Waals surface area contributed by atoms with Crippen molar-refractivity contribution in [1.29, 1.82) is 0 Å². The highest BCUT2D eigenvalue weighted by atomic mass is 19.4. The number of fused-ring (bicyclic) bond motifs is 4. The highest BCUT2D eigenvalue weighted by Gasteiger charge is 2.37. The number of likely N-dealkylation sites (N-methyl/N-ethyl adjacent to an activating group) is 1. The summed E-state index contributed by atoms with van der Waals surface area (Å²) in [6.07, 6.45) is -3.31. The maximum atomic E-state index is 13.0. The number of benzene rings is 1. The van der Waals surface area contributed by atoms with Crippen molar-refractivity contribution in [1.82, 2.24) is 9.97 Å². The summed E-state index contributed by atoms with van der Waals surface area (Å²) in [5, 5.41) is 0. The number of halogens is 3. The van der Waals surface area contributed by atoms with Crippen LogP contribution in [0.3, 0.4) is 0 Å². The quantitative estimate of drug-likeness (QED) is 0.799. The van der Waals surface area contributed by atoms with Crippen molar-refractivity contribution in [2.24, 2.45) is 0 Å². The van der Waals surface area contributed by atoms with Crippen LogP contribution in [0.4, 0.5) is 24.7 Å². The van der Waals surface area contributed by atoms with Crippen LogP contribution in [0.15, 0.2) is 24.3 Å². The van der Waals surface area contributed by atoms with Gasteiger partial charge in [0.2, 0.25) is 0 Å². The molecule has 0 saturated carbocycles. The summed E-state index contributed by atoms with van der Waals surface area (Å²) in [6.45, 7) is 3.82. The molecular weight excluding hydrogens is 317 g/mol. The van der Waals surface area contributed by atoms with Gasteiger partial charge in [0.1, 0.15) is 5.69 Å². The first-order valence-corrected chi connectivity index (χ1v) is 7.88. The molecule has 126 valence electrons. The number of nitrogens with zero attached hydrogens (tertiary/aromatic N) is 4. The van der Waals surface area contributed by atoms with Gasteiger partial charge in [-0.2, -0.15) is 13.2 Å². The van der Waals surface area contributed by atoms with Gasteiger partial charge in [-0.05, 0) is 25.5 Å². The molecule has 24 heavy (non-hydrogen) atoms. The van der Waals surface area contributed by atoms with Gasteiger partial charge in [0, 0.05) is 31.7 Å². The lowest BCUT2D eigenvalue weighted by atomic mass is 10.1. The Labute approximate surface area is 137 Å². The summed E-state index contributed by atoms with van der Waals surface area (Å²) in [6, 6.07) is 5.59. The zero-order chi connectivity index (χ0) is 17.1. The van der Waals surface area contributed by atoms with Gasteiger partial charge < -0.3 is 9.80 Å².